The fourth-order valence-corrected chi connectivity index (χ4v) is 3.73. The number of carbonyl (C=O) groups excluding carboxylic acids is 1. The smallest absolute Gasteiger partial charge is 0.386 e. The zero-order valence-corrected chi connectivity index (χ0v) is 18.2. The SMILES string of the molecule is C=C(C)C(=O)Oc1ccc(OC2(F)C(F)(F)C(F)(F)C2(F)c2ccc(-c3ccccc3)cc2)cc1. The molecule has 3 aromatic rings. The molecule has 0 amide bonds. The molecule has 0 heterocycles. The molecule has 4 rings (SSSR count). The van der Waals surface area contributed by atoms with Crippen molar-refractivity contribution in [2.75, 3.05) is 0 Å². The van der Waals surface area contributed by atoms with Crippen molar-refractivity contribution in [2.45, 2.75) is 30.3 Å². The molecule has 0 spiro atoms. The first-order chi connectivity index (χ1) is 16.3. The molecule has 0 aliphatic heterocycles. The van der Waals surface area contributed by atoms with E-state index in [0.29, 0.717) is 11.1 Å². The second-order valence-electron chi connectivity index (χ2n) is 8.09. The van der Waals surface area contributed by atoms with Gasteiger partial charge in [0, 0.05) is 11.1 Å². The first-order valence-electron chi connectivity index (χ1n) is 10.3. The van der Waals surface area contributed by atoms with Crippen LogP contribution in [-0.4, -0.2) is 23.7 Å². The van der Waals surface area contributed by atoms with Crippen molar-refractivity contribution in [3.05, 3.63) is 96.6 Å². The van der Waals surface area contributed by atoms with E-state index in [-0.39, 0.29) is 11.3 Å². The Bertz CT molecular complexity index is 1260. The molecule has 0 aromatic heterocycles. The van der Waals surface area contributed by atoms with E-state index in [9.17, 15) is 22.4 Å². The molecule has 1 aliphatic carbocycles. The van der Waals surface area contributed by atoms with Gasteiger partial charge in [-0.1, -0.05) is 61.2 Å². The van der Waals surface area contributed by atoms with Crippen molar-refractivity contribution in [1.82, 2.24) is 0 Å². The Balaban J connectivity index is 1.66. The van der Waals surface area contributed by atoms with Crippen LogP contribution in [-0.2, 0) is 10.5 Å². The summed E-state index contributed by atoms with van der Waals surface area (Å²) in [6, 6.07) is 16.5. The summed E-state index contributed by atoms with van der Waals surface area (Å²) in [4.78, 5) is 11.5. The zero-order chi connectivity index (χ0) is 25.6. The molecule has 0 N–H and O–H groups in total. The molecule has 3 nitrogen and oxygen atoms in total. The Kier molecular flexibility index (Phi) is 5.70. The van der Waals surface area contributed by atoms with Crippen LogP contribution >= 0.6 is 0 Å². The van der Waals surface area contributed by atoms with Gasteiger partial charge in [-0.15, -0.1) is 0 Å². The molecular weight excluding hydrogens is 474 g/mol. The van der Waals surface area contributed by atoms with Crippen molar-refractivity contribution < 1.29 is 40.6 Å². The Labute approximate surface area is 196 Å². The Morgan fingerprint density at radius 2 is 1.23 bits per heavy atom. The molecule has 2 unspecified atom stereocenters. The molecule has 3 aromatic carbocycles. The number of carbonyl (C=O) groups is 1. The van der Waals surface area contributed by atoms with Crippen LogP contribution in [0.1, 0.15) is 12.5 Å². The minimum atomic E-state index is -5.49. The maximum absolute atomic E-state index is 15.7. The minimum absolute atomic E-state index is 0.0740. The summed E-state index contributed by atoms with van der Waals surface area (Å²) in [6.45, 7) is 4.78. The van der Waals surface area contributed by atoms with Crippen LogP contribution in [0.4, 0.5) is 26.3 Å². The molecule has 1 fully saturated rings. The van der Waals surface area contributed by atoms with Gasteiger partial charge in [0.15, 0.2) is 0 Å². The third-order valence-corrected chi connectivity index (χ3v) is 5.70. The van der Waals surface area contributed by atoms with Crippen LogP contribution in [0.5, 0.6) is 11.5 Å². The number of hydrogen-bond acceptors (Lipinski definition) is 3. The van der Waals surface area contributed by atoms with E-state index in [0.717, 1.165) is 36.4 Å². The van der Waals surface area contributed by atoms with Gasteiger partial charge in [0.05, 0.1) is 0 Å². The summed E-state index contributed by atoms with van der Waals surface area (Å²) in [5.41, 5.74) is -4.29. The number of benzene rings is 3. The lowest BCUT2D eigenvalue weighted by Gasteiger charge is -2.57. The van der Waals surface area contributed by atoms with Crippen LogP contribution in [0.2, 0.25) is 0 Å². The van der Waals surface area contributed by atoms with Gasteiger partial charge in [0.25, 0.3) is 5.67 Å². The molecule has 1 aliphatic rings. The second kappa shape index (κ2) is 8.18. The van der Waals surface area contributed by atoms with Crippen molar-refractivity contribution in [3.8, 4) is 22.6 Å². The topological polar surface area (TPSA) is 35.5 Å². The monoisotopic (exact) mass is 492 g/mol. The third kappa shape index (κ3) is 3.48. The van der Waals surface area contributed by atoms with Gasteiger partial charge < -0.3 is 9.47 Å². The number of ether oxygens (including phenoxy) is 2. The predicted octanol–water partition coefficient (Wildman–Crippen LogP) is 7.03. The normalized spacial score (nSPS) is 24.2. The molecule has 182 valence electrons. The largest absolute Gasteiger partial charge is 0.449 e. The lowest BCUT2D eigenvalue weighted by molar-refractivity contribution is -0.491. The Morgan fingerprint density at radius 3 is 1.77 bits per heavy atom. The maximum Gasteiger partial charge on any atom is 0.386 e. The van der Waals surface area contributed by atoms with Crippen molar-refractivity contribution >= 4 is 5.97 Å². The molecule has 0 radical (unpaired) electrons. The number of alkyl halides is 6. The highest BCUT2D eigenvalue weighted by atomic mass is 19.3. The average molecular weight is 492 g/mol. The van der Waals surface area contributed by atoms with E-state index < -0.39 is 40.7 Å². The van der Waals surface area contributed by atoms with Crippen molar-refractivity contribution in [3.63, 3.8) is 0 Å². The van der Waals surface area contributed by atoms with E-state index in [4.69, 9.17) is 4.74 Å². The quantitative estimate of drug-likeness (QED) is 0.160. The van der Waals surface area contributed by atoms with Gasteiger partial charge in [0.2, 0.25) is 0 Å². The highest BCUT2D eigenvalue weighted by Crippen LogP contribution is 2.72. The summed E-state index contributed by atoms with van der Waals surface area (Å²) in [6.07, 6.45) is 0. The fraction of sp³-hybridized carbons (Fsp3) is 0.192. The van der Waals surface area contributed by atoms with Gasteiger partial charge in [-0.25, -0.2) is 9.18 Å². The van der Waals surface area contributed by atoms with Gasteiger partial charge in [-0.2, -0.15) is 22.0 Å². The zero-order valence-electron chi connectivity index (χ0n) is 18.2. The van der Waals surface area contributed by atoms with E-state index in [1.807, 2.05) is 0 Å². The first-order valence-corrected chi connectivity index (χ1v) is 10.3. The minimum Gasteiger partial charge on any atom is -0.449 e. The number of hydrogen-bond donors (Lipinski definition) is 0. The van der Waals surface area contributed by atoms with E-state index in [2.05, 4.69) is 11.3 Å². The fourth-order valence-electron chi connectivity index (χ4n) is 3.73. The lowest BCUT2D eigenvalue weighted by atomic mass is 9.64. The lowest BCUT2D eigenvalue weighted by Crippen LogP contribution is -2.86. The first kappa shape index (κ1) is 24.4. The standard InChI is InChI=1S/C26H18F6O3/c1-16(2)22(33)34-20-12-14-21(15-13-20)35-26(32)23(27,24(28,29)25(26,30)31)19-10-8-18(9-11-19)17-6-4-3-5-7-17/h3-15H,1H2,2H3. The molecule has 35 heavy (non-hydrogen) atoms. The Hall–Kier alpha value is -3.75. The van der Waals surface area contributed by atoms with Gasteiger partial charge in [-0.3, -0.25) is 0 Å². The number of esters is 1. The van der Waals surface area contributed by atoms with Gasteiger partial charge >= 0.3 is 23.7 Å². The summed E-state index contributed by atoms with van der Waals surface area (Å²) in [5, 5.41) is 0. The van der Waals surface area contributed by atoms with Gasteiger partial charge in [-0.05, 0) is 42.3 Å². The number of rotatable bonds is 6. The molecule has 0 saturated heterocycles. The highest BCUT2D eigenvalue weighted by Gasteiger charge is 3.01. The van der Waals surface area contributed by atoms with Crippen LogP contribution in [0.3, 0.4) is 0 Å². The van der Waals surface area contributed by atoms with E-state index in [1.165, 1.54) is 19.1 Å². The van der Waals surface area contributed by atoms with Crippen molar-refractivity contribution in [1.29, 1.82) is 0 Å². The predicted molar refractivity (Wildman–Crippen MR) is 116 cm³/mol. The van der Waals surface area contributed by atoms with Crippen LogP contribution < -0.4 is 9.47 Å². The summed E-state index contributed by atoms with van der Waals surface area (Å²) < 4.78 is 98.3. The molecule has 0 bridgehead atoms. The van der Waals surface area contributed by atoms with Crippen LogP contribution in [0, 0.1) is 0 Å². The van der Waals surface area contributed by atoms with Crippen LogP contribution in [0.15, 0.2) is 91.0 Å². The highest BCUT2D eigenvalue weighted by molar-refractivity contribution is 5.88. The second-order valence-corrected chi connectivity index (χ2v) is 8.09. The molecule has 2 atom stereocenters. The van der Waals surface area contributed by atoms with Gasteiger partial charge in [0.1, 0.15) is 11.5 Å². The average Bonchev–Trinajstić information content (AvgIpc) is 2.84. The molecule has 1 saturated carbocycles. The van der Waals surface area contributed by atoms with E-state index in [1.54, 1.807) is 30.3 Å². The van der Waals surface area contributed by atoms with Crippen LogP contribution in [0.25, 0.3) is 11.1 Å². The third-order valence-electron chi connectivity index (χ3n) is 5.70. The summed E-state index contributed by atoms with van der Waals surface area (Å²) in [5.74, 6) is -17.2. The maximum atomic E-state index is 15.7. The molecular formula is C26H18F6O3. The number of halogens is 6. The summed E-state index contributed by atoms with van der Waals surface area (Å²) in [7, 11) is 0. The van der Waals surface area contributed by atoms with Crippen molar-refractivity contribution in [2.24, 2.45) is 0 Å². The Morgan fingerprint density at radius 1 is 0.714 bits per heavy atom. The molecule has 9 heteroatoms. The van der Waals surface area contributed by atoms with E-state index >= 15 is 8.78 Å². The summed E-state index contributed by atoms with van der Waals surface area (Å²) >= 11 is 0.